The average Bonchev–Trinajstić information content (AvgIpc) is 2.49. The lowest BCUT2D eigenvalue weighted by Crippen LogP contribution is -2.52. The Labute approximate surface area is 218 Å². The molecule has 0 rings (SSSR count). The molecule has 0 aromatic carbocycles. The van der Waals surface area contributed by atoms with E-state index >= 15 is 0 Å². The summed E-state index contributed by atoms with van der Waals surface area (Å²) in [7, 11) is -10.9. The summed E-state index contributed by atoms with van der Waals surface area (Å²) in [6, 6.07) is 1.97. The lowest BCUT2D eigenvalue weighted by molar-refractivity contribution is 0.0474. The smallest absolute Gasteiger partial charge is 0.314 e. The van der Waals surface area contributed by atoms with Crippen molar-refractivity contribution in [1.82, 2.24) is 0 Å². The summed E-state index contributed by atoms with van der Waals surface area (Å²) in [6.07, 6.45) is 1.95. The van der Waals surface area contributed by atoms with Crippen LogP contribution in [-0.2, 0) is 25.9 Å². The van der Waals surface area contributed by atoms with Gasteiger partial charge in [-0.1, -0.05) is 0 Å². The van der Waals surface area contributed by atoms with Gasteiger partial charge in [0.25, 0.3) is 0 Å². The molecule has 0 amide bonds. The molecule has 0 aromatic rings. The highest BCUT2D eigenvalue weighted by atomic mass is 28.5. The highest BCUT2D eigenvalue weighted by Gasteiger charge is 2.40. The summed E-state index contributed by atoms with van der Waals surface area (Å²) >= 11 is 0. The fraction of sp³-hybridized carbons (Fsp3) is 1.00. The largest absolute Gasteiger partial charge is 0.437 e. The van der Waals surface area contributed by atoms with Gasteiger partial charge >= 0.3 is 17.1 Å². The average molecular weight is 587 g/mol. The third kappa shape index (κ3) is 21.2. The van der Waals surface area contributed by atoms with Gasteiger partial charge < -0.3 is 25.9 Å². The molecular weight excluding hydrogens is 529 g/mol. The van der Waals surface area contributed by atoms with Crippen molar-refractivity contribution in [3.63, 3.8) is 0 Å². The molecule has 0 fully saturated rings. The van der Waals surface area contributed by atoms with Crippen molar-refractivity contribution in [3.05, 3.63) is 0 Å². The predicted molar refractivity (Wildman–Crippen MR) is 161 cm³/mol. The van der Waals surface area contributed by atoms with Crippen LogP contribution in [0.2, 0.25) is 104 Å². The van der Waals surface area contributed by atoms with Crippen LogP contribution in [0.5, 0.6) is 0 Å². The molecule has 206 valence electrons. The minimum absolute atomic E-state index is 0.632. The summed E-state index contributed by atoms with van der Waals surface area (Å²) in [5.74, 6) is 0. The SMILES string of the molecule is C[Si](C)(C)O[Si](C)(CCCOCCOCCC[Si](C)(O[Si](C)(C)C)O[Si](C)(C)C)O[Si](C)(C)C. The molecule has 34 heavy (non-hydrogen) atoms. The Hall–Kier alpha value is 1.06. The second-order valence-corrected chi connectivity index (χ2v) is 39.3. The van der Waals surface area contributed by atoms with Crippen molar-refractivity contribution in [2.75, 3.05) is 26.4 Å². The van der Waals surface area contributed by atoms with Gasteiger partial charge in [0.15, 0.2) is 33.3 Å². The number of hydrogen-bond acceptors (Lipinski definition) is 6. The van der Waals surface area contributed by atoms with E-state index in [1.807, 2.05) is 0 Å². The first kappa shape index (κ1) is 35.1. The Morgan fingerprint density at radius 1 is 0.353 bits per heavy atom. The van der Waals surface area contributed by atoms with E-state index in [0.717, 1.165) is 38.1 Å². The van der Waals surface area contributed by atoms with Crippen LogP contribution in [0.1, 0.15) is 12.8 Å². The van der Waals surface area contributed by atoms with Gasteiger partial charge in [-0.3, -0.25) is 0 Å². The number of ether oxygens (including phenoxy) is 2. The van der Waals surface area contributed by atoms with Crippen LogP contribution in [0.15, 0.2) is 0 Å². The van der Waals surface area contributed by atoms with E-state index in [0.29, 0.717) is 13.2 Å². The minimum atomic E-state index is -2.16. The summed E-state index contributed by atoms with van der Waals surface area (Å²) in [5.41, 5.74) is 0. The van der Waals surface area contributed by atoms with Gasteiger partial charge in [-0.05, 0) is 117 Å². The number of rotatable bonds is 19. The van der Waals surface area contributed by atoms with Gasteiger partial charge in [0, 0.05) is 13.2 Å². The van der Waals surface area contributed by atoms with E-state index in [1.165, 1.54) is 0 Å². The van der Waals surface area contributed by atoms with Crippen molar-refractivity contribution in [3.8, 4) is 0 Å². The predicted octanol–water partition coefficient (Wildman–Crippen LogP) is 7.35. The van der Waals surface area contributed by atoms with Crippen molar-refractivity contribution in [2.45, 2.75) is 117 Å². The lowest BCUT2D eigenvalue weighted by atomic mass is 10.5. The highest BCUT2D eigenvalue weighted by Crippen LogP contribution is 2.26. The van der Waals surface area contributed by atoms with Gasteiger partial charge in [0.2, 0.25) is 0 Å². The first-order valence-corrected chi connectivity index (χ1v) is 31.7. The Morgan fingerprint density at radius 3 is 0.794 bits per heavy atom. The van der Waals surface area contributed by atoms with Crippen LogP contribution >= 0.6 is 0 Å². The second kappa shape index (κ2) is 14.3. The summed E-state index contributed by atoms with van der Waals surface area (Å²) in [5, 5.41) is 0. The van der Waals surface area contributed by atoms with Crippen LogP contribution < -0.4 is 0 Å². The maximum Gasteiger partial charge on any atom is 0.314 e. The molecule has 0 aliphatic carbocycles. The second-order valence-electron chi connectivity index (χ2n) is 13.6. The van der Waals surface area contributed by atoms with E-state index in [4.69, 9.17) is 25.9 Å². The molecule has 12 heteroatoms. The van der Waals surface area contributed by atoms with Crippen LogP contribution in [0.3, 0.4) is 0 Å². The van der Waals surface area contributed by atoms with Gasteiger partial charge in [-0.25, -0.2) is 0 Å². The first-order chi connectivity index (χ1) is 15.0. The standard InChI is InChI=1S/C22H58O6Si6/c1-29(2,3)25-33(13,26-30(4,5)6)21-15-17-23-19-20-24-18-16-22-34(14,27-31(7,8)9)28-32(10,11)12/h15-22H2,1-14H3. The Kier molecular flexibility index (Phi) is 14.7. The summed E-state index contributed by atoms with van der Waals surface area (Å²) in [6.45, 7) is 34.2. The molecule has 0 heterocycles. The van der Waals surface area contributed by atoms with Crippen LogP contribution in [0, 0.1) is 0 Å². The maximum atomic E-state index is 6.56. The van der Waals surface area contributed by atoms with Gasteiger partial charge in [-0.15, -0.1) is 0 Å². The molecule has 0 bridgehead atoms. The lowest BCUT2D eigenvalue weighted by Gasteiger charge is -2.38. The highest BCUT2D eigenvalue weighted by molar-refractivity contribution is 6.88. The Bertz CT molecular complexity index is 484. The fourth-order valence-electron chi connectivity index (χ4n) is 4.15. The van der Waals surface area contributed by atoms with Crippen LogP contribution in [0.25, 0.3) is 0 Å². The maximum absolute atomic E-state index is 6.56. The number of hydrogen-bond donors (Lipinski definition) is 0. The topological polar surface area (TPSA) is 55.4 Å². The molecule has 0 saturated carbocycles. The first-order valence-electron chi connectivity index (χ1n) is 13.0. The van der Waals surface area contributed by atoms with Crippen LogP contribution in [0.4, 0.5) is 0 Å². The zero-order valence-electron chi connectivity index (χ0n) is 25.1. The Balaban J connectivity index is 4.26. The summed E-state index contributed by atoms with van der Waals surface area (Å²) in [4.78, 5) is 0. The minimum Gasteiger partial charge on any atom is -0.437 e. The molecule has 0 saturated heterocycles. The molecule has 0 aromatic heterocycles. The monoisotopic (exact) mass is 586 g/mol. The van der Waals surface area contributed by atoms with Gasteiger partial charge in [0.05, 0.1) is 13.2 Å². The molecule has 0 N–H and O–H groups in total. The third-order valence-electron chi connectivity index (χ3n) is 4.30. The molecular formula is C22H58O6Si6. The van der Waals surface area contributed by atoms with E-state index in [1.54, 1.807) is 0 Å². The van der Waals surface area contributed by atoms with E-state index < -0.39 is 50.4 Å². The van der Waals surface area contributed by atoms with Crippen molar-refractivity contribution < 1.29 is 25.9 Å². The van der Waals surface area contributed by atoms with Gasteiger partial charge in [0.1, 0.15) is 0 Å². The van der Waals surface area contributed by atoms with Crippen molar-refractivity contribution >= 4 is 50.4 Å². The summed E-state index contributed by atoms with van der Waals surface area (Å²) < 4.78 is 37.9. The fourth-order valence-corrected chi connectivity index (χ4v) is 29.2. The quantitative estimate of drug-likeness (QED) is 0.116. The van der Waals surface area contributed by atoms with Gasteiger partial charge in [-0.2, -0.15) is 0 Å². The molecule has 6 nitrogen and oxygen atoms in total. The van der Waals surface area contributed by atoms with Crippen molar-refractivity contribution in [1.29, 1.82) is 0 Å². The molecule has 0 aliphatic rings. The van der Waals surface area contributed by atoms with E-state index in [9.17, 15) is 0 Å². The molecule has 0 spiro atoms. The zero-order valence-corrected chi connectivity index (χ0v) is 31.1. The zero-order chi connectivity index (χ0) is 26.9. The van der Waals surface area contributed by atoms with E-state index in [-0.39, 0.29) is 0 Å². The Morgan fingerprint density at radius 2 is 0.588 bits per heavy atom. The molecule has 0 aliphatic heterocycles. The normalized spacial score (nSPS) is 14.6. The molecule has 0 atom stereocenters. The molecule has 0 radical (unpaired) electrons. The van der Waals surface area contributed by atoms with Crippen LogP contribution in [-0.4, -0.2) is 76.8 Å². The van der Waals surface area contributed by atoms with E-state index in [2.05, 4.69) is 91.7 Å². The van der Waals surface area contributed by atoms with Crippen molar-refractivity contribution in [2.24, 2.45) is 0 Å². The third-order valence-corrected chi connectivity index (χ3v) is 23.5. The molecule has 0 unspecified atom stereocenters.